The molecule has 0 aliphatic rings. The summed E-state index contributed by atoms with van der Waals surface area (Å²) in [6.07, 6.45) is 1.88. The van der Waals surface area contributed by atoms with Crippen LogP contribution in [-0.4, -0.2) is 28.0 Å². The Kier molecular flexibility index (Phi) is 5.57. The summed E-state index contributed by atoms with van der Waals surface area (Å²) in [5.41, 5.74) is 0.170. The molecular weight excluding hydrogens is 291 g/mol. The van der Waals surface area contributed by atoms with Crippen molar-refractivity contribution in [2.45, 2.75) is 26.3 Å². The second kappa shape index (κ2) is 6.73. The lowest BCUT2D eigenvalue weighted by Crippen LogP contribution is -2.45. The van der Waals surface area contributed by atoms with E-state index in [1.54, 1.807) is 6.92 Å². The Morgan fingerprint density at radius 2 is 2.11 bits per heavy atom. The molecule has 5 nitrogen and oxygen atoms in total. The van der Waals surface area contributed by atoms with Gasteiger partial charge in [0.2, 0.25) is 0 Å². The van der Waals surface area contributed by atoms with Crippen LogP contribution in [0.3, 0.4) is 0 Å². The second-order valence-electron chi connectivity index (χ2n) is 4.17. The van der Waals surface area contributed by atoms with Gasteiger partial charge >= 0.3 is 5.97 Å². The molecule has 0 spiro atoms. The summed E-state index contributed by atoms with van der Waals surface area (Å²) in [5, 5.41) is 11.8. The fourth-order valence-corrected chi connectivity index (χ4v) is 1.72. The third-order valence-corrected chi connectivity index (χ3v) is 3.51. The van der Waals surface area contributed by atoms with Gasteiger partial charge in [-0.25, -0.2) is 9.78 Å². The van der Waals surface area contributed by atoms with E-state index in [0.717, 1.165) is 0 Å². The average Bonchev–Trinajstić information content (AvgIpc) is 2.37. The minimum atomic E-state index is -1.07. The van der Waals surface area contributed by atoms with E-state index in [1.165, 1.54) is 12.3 Å². The van der Waals surface area contributed by atoms with E-state index in [0.29, 0.717) is 6.42 Å². The van der Waals surface area contributed by atoms with Crippen molar-refractivity contribution in [3.63, 3.8) is 0 Å². The Morgan fingerprint density at radius 3 is 2.58 bits per heavy atom. The van der Waals surface area contributed by atoms with Gasteiger partial charge in [0.1, 0.15) is 11.2 Å². The lowest BCUT2D eigenvalue weighted by atomic mass is 9.99. The number of pyridine rings is 1. The molecule has 1 heterocycles. The second-order valence-corrected chi connectivity index (χ2v) is 4.94. The van der Waals surface area contributed by atoms with E-state index in [-0.39, 0.29) is 21.7 Å². The van der Waals surface area contributed by atoms with Gasteiger partial charge in [-0.05, 0) is 12.0 Å². The van der Waals surface area contributed by atoms with E-state index < -0.39 is 17.9 Å². The van der Waals surface area contributed by atoms with Crippen molar-refractivity contribution in [2.24, 2.45) is 5.92 Å². The Morgan fingerprint density at radius 1 is 1.47 bits per heavy atom. The van der Waals surface area contributed by atoms with Gasteiger partial charge < -0.3 is 10.4 Å². The van der Waals surface area contributed by atoms with E-state index in [1.807, 2.05) is 6.92 Å². The zero-order valence-electron chi connectivity index (χ0n) is 10.5. The molecule has 1 unspecified atom stereocenters. The number of rotatable bonds is 5. The molecule has 0 radical (unpaired) electrons. The van der Waals surface area contributed by atoms with Crippen LogP contribution in [0.5, 0.6) is 0 Å². The maximum atomic E-state index is 11.9. The van der Waals surface area contributed by atoms with Crippen LogP contribution in [0.25, 0.3) is 0 Å². The van der Waals surface area contributed by atoms with Crippen LogP contribution >= 0.6 is 23.2 Å². The van der Waals surface area contributed by atoms with Gasteiger partial charge in [0.05, 0.1) is 10.6 Å². The van der Waals surface area contributed by atoms with Gasteiger partial charge in [-0.15, -0.1) is 0 Å². The number of carbonyl (C=O) groups excluding carboxylic acids is 1. The molecular formula is C12H14Cl2N2O3. The summed E-state index contributed by atoms with van der Waals surface area (Å²) < 4.78 is 0. The number of amides is 1. The van der Waals surface area contributed by atoms with Gasteiger partial charge in [0, 0.05) is 6.20 Å². The highest BCUT2D eigenvalue weighted by molar-refractivity contribution is 6.41. The van der Waals surface area contributed by atoms with Crippen LogP contribution in [-0.2, 0) is 4.79 Å². The highest BCUT2D eigenvalue weighted by Gasteiger charge is 2.26. The molecule has 0 bridgehead atoms. The minimum absolute atomic E-state index is 0.0925. The van der Waals surface area contributed by atoms with Gasteiger partial charge in [-0.1, -0.05) is 43.5 Å². The summed E-state index contributed by atoms with van der Waals surface area (Å²) in [7, 11) is 0. The molecule has 2 N–H and O–H groups in total. The molecule has 1 aromatic rings. The number of hydrogen-bond acceptors (Lipinski definition) is 3. The molecule has 1 rings (SSSR count). The molecule has 2 atom stereocenters. The summed E-state index contributed by atoms with van der Waals surface area (Å²) in [6, 6.07) is 0.397. The number of nitrogens with zero attached hydrogens (tertiary/aromatic N) is 1. The number of carboxylic acid groups (broad SMARTS) is 1. The monoisotopic (exact) mass is 304 g/mol. The SMILES string of the molecule is CCC(C)[C@H](NC(=O)c1cnc(Cl)c(Cl)c1)C(=O)O. The molecule has 0 aliphatic carbocycles. The topological polar surface area (TPSA) is 79.3 Å². The normalized spacial score (nSPS) is 13.7. The van der Waals surface area contributed by atoms with Crippen LogP contribution in [0.2, 0.25) is 10.2 Å². The fraction of sp³-hybridized carbons (Fsp3) is 0.417. The van der Waals surface area contributed by atoms with Gasteiger partial charge in [-0.2, -0.15) is 0 Å². The van der Waals surface area contributed by atoms with Gasteiger partial charge in [-0.3, -0.25) is 4.79 Å². The molecule has 104 valence electrons. The molecule has 0 saturated heterocycles. The molecule has 0 saturated carbocycles. The van der Waals surface area contributed by atoms with Crippen molar-refractivity contribution < 1.29 is 14.7 Å². The summed E-state index contributed by atoms with van der Waals surface area (Å²) in [4.78, 5) is 26.8. The van der Waals surface area contributed by atoms with Crippen molar-refractivity contribution in [1.82, 2.24) is 10.3 Å². The Hall–Kier alpha value is -1.33. The maximum absolute atomic E-state index is 11.9. The molecule has 7 heteroatoms. The van der Waals surface area contributed by atoms with Gasteiger partial charge in [0.15, 0.2) is 0 Å². The van der Waals surface area contributed by atoms with Crippen LogP contribution in [0.4, 0.5) is 0 Å². The highest BCUT2D eigenvalue weighted by Crippen LogP contribution is 2.20. The first-order chi connectivity index (χ1) is 8.86. The number of halogens is 2. The predicted octanol–water partition coefficient (Wildman–Crippen LogP) is 2.62. The van der Waals surface area contributed by atoms with Crippen molar-refractivity contribution in [3.05, 3.63) is 28.0 Å². The number of aromatic nitrogens is 1. The fourth-order valence-electron chi connectivity index (χ4n) is 1.45. The first kappa shape index (κ1) is 15.7. The largest absolute Gasteiger partial charge is 0.480 e. The van der Waals surface area contributed by atoms with Gasteiger partial charge in [0.25, 0.3) is 5.91 Å². The number of carbonyl (C=O) groups is 2. The summed E-state index contributed by atoms with van der Waals surface area (Å²) in [5.74, 6) is -1.80. The molecule has 1 aromatic heterocycles. The van der Waals surface area contributed by atoms with E-state index in [4.69, 9.17) is 28.3 Å². The number of hydrogen-bond donors (Lipinski definition) is 2. The first-order valence-electron chi connectivity index (χ1n) is 5.71. The Balaban J connectivity index is 2.87. The molecule has 0 aliphatic heterocycles. The molecule has 1 amide bonds. The highest BCUT2D eigenvalue weighted by atomic mass is 35.5. The third-order valence-electron chi connectivity index (χ3n) is 2.82. The third kappa shape index (κ3) is 4.08. The average molecular weight is 305 g/mol. The van der Waals surface area contributed by atoms with E-state index in [2.05, 4.69) is 10.3 Å². The van der Waals surface area contributed by atoms with E-state index in [9.17, 15) is 9.59 Å². The quantitative estimate of drug-likeness (QED) is 0.820. The summed E-state index contributed by atoms with van der Waals surface area (Å²) in [6.45, 7) is 3.61. The number of nitrogens with one attached hydrogen (secondary N) is 1. The predicted molar refractivity (Wildman–Crippen MR) is 72.6 cm³/mol. The van der Waals surface area contributed by atoms with Crippen molar-refractivity contribution in [1.29, 1.82) is 0 Å². The van der Waals surface area contributed by atoms with E-state index >= 15 is 0 Å². The van der Waals surface area contributed by atoms with Crippen LogP contribution in [0.15, 0.2) is 12.3 Å². The molecule has 0 aromatic carbocycles. The first-order valence-corrected chi connectivity index (χ1v) is 6.47. The Labute approximate surface area is 120 Å². The zero-order valence-corrected chi connectivity index (χ0v) is 12.0. The van der Waals surface area contributed by atoms with Crippen LogP contribution in [0.1, 0.15) is 30.6 Å². The number of aliphatic carboxylic acids is 1. The standard InChI is InChI=1S/C12H14Cl2N2O3/c1-3-6(2)9(12(18)19)16-11(17)7-4-8(13)10(14)15-5-7/h4-6,9H,3H2,1-2H3,(H,16,17)(H,18,19)/t6?,9-/m0/s1. The summed E-state index contributed by atoms with van der Waals surface area (Å²) >= 11 is 11.4. The van der Waals surface area contributed by atoms with Crippen LogP contribution in [0, 0.1) is 5.92 Å². The minimum Gasteiger partial charge on any atom is -0.480 e. The maximum Gasteiger partial charge on any atom is 0.326 e. The molecule has 19 heavy (non-hydrogen) atoms. The smallest absolute Gasteiger partial charge is 0.326 e. The Bertz CT molecular complexity index is 494. The number of carboxylic acids is 1. The molecule has 0 fully saturated rings. The lowest BCUT2D eigenvalue weighted by Gasteiger charge is -2.20. The van der Waals surface area contributed by atoms with Crippen molar-refractivity contribution >= 4 is 35.1 Å². The zero-order chi connectivity index (χ0) is 14.6. The van der Waals surface area contributed by atoms with Crippen molar-refractivity contribution in [2.75, 3.05) is 0 Å². The van der Waals surface area contributed by atoms with Crippen LogP contribution < -0.4 is 5.32 Å². The lowest BCUT2D eigenvalue weighted by molar-refractivity contribution is -0.140. The van der Waals surface area contributed by atoms with Crippen molar-refractivity contribution in [3.8, 4) is 0 Å².